The van der Waals surface area contributed by atoms with E-state index in [1.807, 2.05) is 24.3 Å². The van der Waals surface area contributed by atoms with E-state index >= 15 is 0 Å². The Labute approximate surface area is 119 Å². The second-order valence-corrected chi connectivity index (χ2v) is 5.57. The number of H-pyrrole nitrogens is 1. The lowest BCUT2D eigenvalue weighted by atomic mass is 10.1. The molecule has 102 valence electrons. The monoisotopic (exact) mass is 287 g/mol. The number of Topliss-reactive ketones (excluding diaryl/α,β-unsaturated/α-hetero) is 1. The first-order chi connectivity index (χ1) is 9.66. The molecule has 3 rings (SSSR count). The van der Waals surface area contributed by atoms with Crippen LogP contribution in [0.1, 0.15) is 16.1 Å². The highest BCUT2D eigenvalue weighted by molar-refractivity contribution is 8.14. The summed E-state index contributed by atoms with van der Waals surface area (Å²) in [7, 11) is 0. The van der Waals surface area contributed by atoms with Gasteiger partial charge in [-0.2, -0.15) is 0 Å². The summed E-state index contributed by atoms with van der Waals surface area (Å²) < 4.78 is 0. The van der Waals surface area contributed by atoms with E-state index in [9.17, 15) is 9.59 Å². The third kappa shape index (κ3) is 2.22. The van der Waals surface area contributed by atoms with Crippen molar-refractivity contribution in [1.82, 2.24) is 10.3 Å². The Balaban J connectivity index is 1.92. The number of para-hydroxylation sites is 1. The number of aromatic nitrogens is 1. The van der Waals surface area contributed by atoms with Gasteiger partial charge in [0.2, 0.25) is 0 Å². The first-order valence-electron chi connectivity index (χ1n) is 6.27. The number of amidine groups is 1. The molecule has 2 N–H and O–H groups in total. The SMILES string of the molecule is Cc1[nH]c2ccccc2c1C(=O)C(=O)NC1=NCCS1. The molecule has 0 bridgehead atoms. The number of rotatable bonds is 2. The van der Waals surface area contributed by atoms with Crippen molar-refractivity contribution in [2.24, 2.45) is 4.99 Å². The number of carbonyl (C=O) groups excluding carboxylic acids is 2. The van der Waals surface area contributed by atoms with Crippen LogP contribution in [0.5, 0.6) is 0 Å². The van der Waals surface area contributed by atoms with Gasteiger partial charge in [0, 0.05) is 22.3 Å². The number of thioether (sulfide) groups is 1. The lowest BCUT2D eigenvalue weighted by Gasteiger charge is -2.03. The van der Waals surface area contributed by atoms with Gasteiger partial charge in [0.05, 0.1) is 12.1 Å². The summed E-state index contributed by atoms with van der Waals surface area (Å²) in [6.45, 7) is 2.48. The molecule has 0 aliphatic carbocycles. The fraction of sp³-hybridized carbons (Fsp3) is 0.214. The highest BCUT2D eigenvalue weighted by Gasteiger charge is 2.24. The van der Waals surface area contributed by atoms with Crippen LogP contribution in [-0.4, -0.2) is 34.1 Å². The summed E-state index contributed by atoms with van der Waals surface area (Å²) in [5.74, 6) is -0.322. The maximum absolute atomic E-state index is 12.3. The highest BCUT2D eigenvalue weighted by atomic mass is 32.2. The second kappa shape index (κ2) is 5.13. The number of amides is 1. The minimum Gasteiger partial charge on any atom is -0.358 e. The molecule has 0 spiro atoms. The Hall–Kier alpha value is -2.08. The van der Waals surface area contributed by atoms with Crippen LogP contribution >= 0.6 is 11.8 Å². The molecule has 0 radical (unpaired) electrons. The fourth-order valence-corrected chi connectivity index (χ4v) is 2.97. The molecule has 2 heterocycles. The number of fused-ring (bicyclic) bond motifs is 1. The molecular weight excluding hydrogens is 274 g/mol. The van der Waals surface area contributed by atoms with E-state index < -0.39 is 11.7 Å². The van der Waals surface area contributed by atoms with Crippen LogP contribution in [0.15, 0.2) is 29.3 Å². The minimum absolute atomic E-state index is 0.432. The standard InChI is InChI=1S/C14H13N3O2S/c1-8-11(9-4-2-3-5-10(9)16-8)12(18)13(19)17-14-15-6-7-20-14/h2-5,16H,6-7H2,1H3,(H,15,17,19). The average Bonchev–Trinajstić information content (AvgIpc) is 3.04. The molecule has 1 aromatic heterocycles. The van der Waals surface area contributed by atoms with E-state index in [1.54, 1.807) is 6.92 Å². The zero-order valence-electron chi connectivity index (χ0n) is 10.9. The second-order valence-electron chi connectivity index (χ2n) is 4.49. The van der Waals surface area contributed by atoms with Gasteiger partial charge in [0.25, 0.3) is 11.7 Å². The van der Waals surface area contributed by atoms with Gasteiger partial charge in [-0.3, -0.25) is 19.9 Å². The third-order valence-electron chi connectivity index (χ3n) is 3.13. The first kappa shape index (κ1) is 12.9. The molecule has 1 aromatic carbocycles. The maximum atomic E-state index is 12.3. The number of benzene rings is 1. The van der Waals surface area contributed by atoms with Crippen molar-refractivity contribution in [1.29, 1.82) is 0 Å². The molecule has 20 heavy (non-hydrogen) atoms. The lowest BCUT2D eigenvalue weighted by Crippen LogP contribution is -2.34. The molecule has 0 atom stereocenters. The van der Waals surface area contributed by atoms with Gasteiger partial charge >= 0.3 is 0 Å². The Kier molecular flexibility index (Phi) is 3.31. The van der Waals surface area contributed by atoms with Crippen LogP contribution in [0.3, 0.4) is 0 Å². The third-order valence-corrected chi connectivity index (χ3v) is 4.02. The number of nitrogens with zero attached hydrogens (tertiary/aromatic N) is 1. The van der Waals surface area contributed by atoms with E-state index in [1.165, 1.54) is 11.8 Å². The molecule has 0 unspecified atom stereocenters. The first-order valence-corrected chi connectivity index (χ1v) is 7.25. The van der Waals surface area contributed by atoms with Crippen LogP contribution in [0.25, 0.3) is 10.9 Å². The molecule has 6 heteroatoms. The van der Waals surface area contributed by atoms with E-state index in [4.69, 9.17) is 0 Å². The van der Waals surface area contributed by atoms with Crippen LogP contribution in [0.4, 0.5) is 0 Å². The van der Waals surface area contributed by atoms with Gasteiger partial charge in [-0.1, -0.05) is 30.0 Å². The highest BCUT2D eigenvalue weighted by Crippen LogP contribution is 2.22. The van der Waals surface area contributed by atoms with E-state index in [2.05, 4.69) is 15.3 Å². The van der Waals surface area contributed by atoms with Crippen molar-refractivity contribution in [3.63, 3.8) is 0 Å². The number of aromatic amines is 1. The lowest BCUT2D eigenvalue weighted by molar-refractivity contribution is -0.115. The van der Waals surface area contributed by atoms with Crippen molar-refractivity contribution in [2.45, 2.75) is 6.92 Å². The Morgan fingerprint density at radius 2 is 2.15 bits per heavy atom. The molecule has 0 saturated carbocycles. The van der Waals surface area contributed by atoms with E-state index in [-0.39, 0.29) is 0 Å². The average molecular weight is 287 g/mol. The number of nitrogens with one attached hydrogen (secondary N) is 2. The number of aryl methyl sites for hydroxylation is 1. The number of ketones is 1. The van der Waals surface area contributed by atoms with Crippen LogP contribution in [-0.2, 0) is 4.79 Å². The van der Waals surface area contributed by atoms with Gasteiger partial charge in [0.1, 0.15) is 0 Å². The molecule has 1 aliphatic heterocycles. The molecule has 5 nitrogen and oxygen atoms in total. The molecular formula is C14H13N3O2S. The van der Waals surface area contributed by atoms with Crippen molar-refractivity contribution in [3.05, 3.63) is 35.5 Å². The van der Waals surface area contributed by atoms with Gasteiger partial charge in [-0.15, -0.1) is 0 Å². The predicted octanol–water partition coefficient (Wildman–Crippen LogP) is 1.88. The molecule has 2 aromatic rings. The maximum Gasteiger partial charge on any atom is 0.298 e. The molecule has 0 fully saturated rings. The largest absolute Gasteiger partial charge is 0.358 e. The van der Waals surface area contributed by atoms with Gasteiger partial charge in [0.15, 0.2) is 5.17 Å². The Morgan fingerprint density at radius 3 is 2.90 bits per heavy atom. The minimum atomic E-state index is -0.633. The zero-order valence-corrected chi connectivity index (χ0v) is 11.7. The van der Waals surface area contributed by atoms with Crippen LogP contribution in [0, 0.1) is 6.92 Å². The molecule has 1 amide bonds. The Bertz CT molecular complexity index is 733. The summed E-state index contributed by atoms with van der Waals surface area (Å²) >= 11 is 1.45. The quantitative estimate of drug-likeness (QED) is 0.654. The molecule has 0 saturated heterocycles. The Morgan fingerprint density at radius 1 is 1.35 bits per heavy atom. The summed E-state index contributed by atoms with van der Waals surface area (Å²) in [4.78, 5) is 31.6. The van der Waals surface area contributed by atoms with Crippen molar-refractivity contribution >= 4 is 39.5 Å². The van der Waals surface area contributed by atoms with Crippen LogP contribution in [0.2, 0.25) is 0 Å². The van der Waals surface area contributed by atoms with Crippen LogP contribution < -0.4 is 5.32 Å². The van der Waals surface area contributed by atoms with Crippen molar-refractivity contribution < 1.29 is 9.59 Å². The van der Waals surface area contributed by atoms with E-state index in [0.29, 0.717) is 23.0 Å². The number of hydrogen-bond acceptors (Lipinski definition) is 4. The normalized spacial score (nSPS) is 14.3. The van der Waals surface area contributed by atoms with Crippen molar-refractivity contribution in [3.8, 4) is 0 Å². The molecule has 1 aliphatic rings. The number of aliphatic imine (C=N–C) groups is 1. The fourth-order valence-electron chi connectivity index (χ4n) is 2.25. The summed E-state index contributed by atoms with van der Waals surface area (Å²) in [6.07, 6.45) is 0. The zero-order chi connectivity index (χ0) is 14.1. The van der Waals surface area contributed by atoms with Gasteiger partial charge in [-0.25, -0.2) is 0 Å². The number of carbonyl (C=O) groups is 2. The topological polar surface area (TPSA) is 74.3 Å². The predicted molar refractivity (Wildman–Crippen MR) is 80.3 cm³/mol. The smallest absolute Gasteiger partial charge is 0.298 e. The van der Waals surface area contributed by atoms with E-state index in [0.717, 1.165) is 16.7 Å². The van der Waals surface area contributed by atoms with Gasteiger partial charge < -0.3 is 4.98 Å². The van der Waals surface area contributed by atoms with Crippen molar-refractivity contribution in [2.75, 3.05) is 12.3 Å². The summed E-state index contributed by atoms with van der Waals surface area (Å²) in [5, 5.41) is 3.87. The number of hydrogen-bond donors (Lipinski definition) is 2. The van der Waals surface area contributed by atoms with Gasteiger partial charge in [-0.05, 0) is 13.0 Å². The summed E-state index contributed by atoms with van der Waals surface area (Å²) in [5.41, 5.74) is 1.99. The summed E-state index contributed by atoms with van der Waals surface area (Å²) in [6, 6.07) is 7.45.